The van der Waals surface area contributed by atoms with E-state index in [-0.39, 0.29) is 17.7 Å². The summed E-state index contributed by atoms with van der Waals surface area (Å²) < 4.78 is 13.4. The third kappa shape index (κ3) is 3.05. The number of nitrogen functional groups attached to an aromatic ring is 1. The Hall–Kier alpha value is -0.850. The highest BCUT2D eigenvalue weighted by Crippen LogP contribution is 2.26. The molecule has 1 aromatic rings. The van der Waals surface area contributed by atoms with Gasteiger partial charge in [-0.25, -0.2) is 4.39 Å². The number of nitrogens with one attached hydrogen (secondary N) is 1. The van der Waals surface area contributed by atoms with Crippen LogP contribution >= 0.6 is 15.9 Å². The second kappa shape index (κ2) is 5.29. The molecule has 0 bridgehead atoms. The van der Waals surface area contributed by atoms with Crippen molar-refractivity contribution in [3.05, 3.63) is 22.4 Å². The van der Waals surface area contributed by atoms with Gasteiger partial charge in [0.05, 0.1) is 35.1 Å². The summed E-state index contributed by atoms with van der Waals surface area (Å²) in [6, 6.07) is 2.08. The minimum absolute atomic E-state index is 0.256. The summed E-state index contributed by atoms with van der Waals surface area (Å²) in [6.07, 6.45) is 0. The van der Waals surface area contributed by atoms with Gasteiger partial charge in [0.2, 0.25) is 0 Å². The number of benzene rings is 1. The zero-order chi connectivity index (χ0) is 11.4. The molecule has 0 atom stereocenters. The van der Waals surface area contributed by atoms with Crippen molar-refractivity contribution in [1.82, 2.24) is 0 Å². The van der Waals surface area contributed by atoms with Gasteiger partial charge in [0, 0.05) is 6.07 Å². The average Bonchev–Trinajstić information content (AvgIpc) is 2.21. The van der Waals surface area contributed by atoms with Crippen molar-refractivity contribution < 1.29 is 14.6 Å². The minimum atomic E-state index is -0.548. The van der Waals surface area contributed by atoms with E-state index in [9.17, 15) is 4.39 Å². The summed E-state index contributed by atoms with van der Waals surface area (Å²) in [7, 11) is 0. The second-order valence-corrected chi connectivity index (χ2v) is 3.91. The molecule has 0 aliphatic rings. The molecule has 4 nitrogen and oxygen atoms in total. The van der Waals surface area contributed by atoms with E-state index in [0.29, 0.717) is 11.4 Å². The van der Waals surface area contributed by atoms with Crippen molar-refractivity contribution in [3.8, 4) is 0 Å². The quantitative estimate of drug-likeness (QED) is 0.618. The van der Waals surface area contributed by atoms with Crippen LogP contribution in [0.15, 0.2) is 16.6 Å². The molecular weight excluding hydrogens is 267 g/mol. The minimum Gasteiger partial charge on any atom is -0.397 e. The highest BCUT2D eigenvalue weighted by Gasteiger charge is 2.10. The molecule has 5 N–H and O–H groups in total. The smallest absolute Gasteiger partial charge is 0.139 e. The first-order valence-electron chi connectivity index (χ1n) is 4.31. The lowest BCUT2D eigenvalue weighted by Gasteiger charge is -2.16. The Morgan fingerprint density at radius 2 is 2.00 bits per heavy atom. The number of aliphatic hydroxyl groups is 2. The topological polar surface area (TPSA) is 78.5 Å². The Kier molecular flexibility index (Phi) is 4.31. The van der Waals surface area contributed by atoms with Crippen LogP contribution in [-0.2, 0) is 0 Å². The largest absolute Gasteiger partial charge is 0.397 e. The van der Waals surface area contributed by atoms with Gasteiger partial charge >= 0.3 is 0 Å². The van der Waals surface area contributed by atoms with Gasteiger partial charge in [-0.15, -0.1) is 0 Å². The van der Waals surface area contributed by atoms with Gasteiger partial charge < -0.3 is 21.3 Å². The number of anilines is 2. The number of hydrogen-bond donors (Lipinski definition) is 4. The summed E-state index contributed by atoms with van der Waals surface area (Å²) in [5.74, 6) is -0.457. The molecule has 0 spiro atoms. The number of nitrogens with two attached hydrogens (primary N) is 1. The Bertz CT molecular complexity index is 345. The van der Waals surface area contributed by atoms with Gasteiger partial charge in [0.25, 0.3) is 0 Å². The van der Waals surface area contributed by atoms with Crippen LogP contribution in [0.2, 0.25) is 0 Å². The monoisotopic (exact) mass is 278 g/mol. The van der Waals surface area contributed by atoms with E-state index in [1.807, 2.05) is 0 Å². The predicted octanol–water partition coefficient (Wildman–Crippen LogP) is 0.935. The first kappa shape index (κ1) is 12.2. The molecule has 0 aliphatic carbocycles. The van der Waals surface area contributed by atoms with Crippen molar-refractivity contribution in [2.24, 2.45) is 0 Å². The van der Waals surface area contributed by atoms with E-state index in [1.165, 1.54) is 12.1 Å². The van der Waals surface area contributed by atoms with E-state index >= 15 is 0 Å². The fourth-order valence-electron chi connectivity index (χ4n) is 1.06. The third-order valence-electron chi connectivity index (χ3n) is 1.89. The molecular formula is C9H12BrFN2O2. The highest BCUT2D eigenvalue weighted by atomic mass is 79.9. The van der Waals surface area contributed by atoms with Crippen LogP contribution < -0.4 is 11.1 Å². The lowest BCUT2D eigenvalue weighted by Crippen LogP contribution is -2.28. The fraction of sp³-hybridized carbons (Fsp3) is 0.333. The Morgan fingerprint density at radius 3 is 2.53 bits per heavy atom. The molecule has 6 heteroatoms. The Morgan fingerprint density at radius 1 is 1.40 bits per heavy atom. The SMILES string of the molecule is Nc1cc(Br)c(F)cc1NC(CO)CO. The van der Waals surface area contributed by atoms with Gasteiger partial charge in [-0.05, 0) is 22.0 Å². The van der Waals surface area contributed by atoms with E-state index < -0.39 is 11.9 Å². The van der Waals surface area contributed by atoms with Crippen LogP contribution in [0.1, 0.15) is 0 Å². The normalized spacial score (nSPS) is 10.7. The van der Waals surface area contributed by atoms with Crippen molar-refractivity contribution >= 4 is 27.3 Å². The number of hydrogen-bond acceptors (Lipinski definition) is 4. The summed E-state index contributed by atoms with van der Waals surface area (Å²) in [6.45, 7) is -0.513. The van der Waals surface area contributed by atoms with Crippen molar-refractivity contribution in [2.45, 2.75) is 6.04 Å². The molecule has 84 valence electrons. The molecule has 1 aromatic carbocycles. The standard InChI is InChI=1S/C9H12BrFN2O2/c10-6-1-8(12)9(2-7(6)11)13-5(3-14)4-15/h1-2,5,13-15H,3-4,12H2. The van der Waals surface area contributed by atoms with Crippen LogP contribution in [0.25, 0.3) is 0 Å². The van der Waals surface area contributed by atoms with E-state index in [1.54, 1.807) is 0 Å². The van der Waals surface area contributed by atoms with Gasteiger partial charge in [-0.1, -0.05) is 0 Å². The fourth-order valence-corrected chi connectivity index (χ4v) is 1.42. The van der Waals surface area contributed by atoms with Crippen molar-refractivity contribution in [1.29, 1.82) is 0 Å². The van der Waals surface area contributed by atoms with Gasteiger partial charge in [0.15, 0.2) is 0 Å². The molecule has 0 unspecified atom stereocenters. The molecule has 0 radical (unpaired) electrons. The van der Waals surface area contributed by atoms with E-state index in [4.69, 9.17) is 15.9 Å². The molecule has 0 fully saturated rings. The molecule has 15 heavy (non-hydrogen) atoms. The maximum Gasteiger partial charge on any atom is 0.139 e. The van der Waals surface area contributed by atoms with Gasteiger partial charge in [-0.2, -0.15) is 0 Å². The second-order valence-electron chi connectivity index (χ2n) is 3.06. The molecule has 0 aliphatic heterocycles. The van der Waals surface area contributed by atoms with E-state index in [0.717, 1.165) is 0 Å². The Labute approximate surface area is 95.0 Å². The Balaban J connectivity index is 2.89. The average molecular weight is 279 g/mol. The molecule has 0 saturated heterocycles. The summed E-state index contributed by atoms with van der Waals surface area (Å²) in [4.78, 5) is 0. The molecule has 0 amide bonds. The zero-order valence-electron chi connectivity index (χ0n) is 7.87. The van der Waals surface area contributed by atoms with Gasteiger partial charge in [0.1, 0.15) is 5.82 Å². The summed E-state index contributed by atoms with van der Waals surface area (Å²) in [5.41, 5.74) is 6.32. The number of rotatable bonds is 4. The summed E-state index contributed by atoms with van der Waals surface area (Å²) >= 11 is 3.00. The van der Waals surface area contributed by atoms with Crippen LogP contribution in [0.5, 0.6) is 0 Å². The molecule has 0 aromatic heterocycles. The van der Waals surface area contributed by atoms with Crippen LogP contribution in [-0.4, -0.2) is 29.5 Å². The maximum atomic E-state index is 13.2. The third-order valence-corrected chi connectivity index (χ3v) is 2.50. The molecule has 0 heterocycles. The van der Waals surface area contributed by atoms with Crippen molar-refractivity contribution in [3.63, 3.8) is 0 Å². The van der Waals surface area contributed by atoms with Crippen LogP contribution in [0, 0.1) is 5.82 Å². The number of aliphatic hydroxyl groups excluding tert-OH is 2. The van der Waals surface area contributed by atoms with E-state index in [2.05, 4.69) is 21.2 Å². The highest BCUT2D eigenvalue weighted by molar-refractivity contribution is 9.10. The van der Waals surface area contributed by atoms with Crippen molar-refractivity contribution in [2.75, 3.05) is 24.3 Å². The number of halogens is 2. The zero-order valence-corrected chi connectivity index (χ0v) is 9.46. The lowest BCUT2D eigenvalue weighted by molar-refractivity contribution is 0.204. The van der Waals surface area contributed by atoms with Gasteiger partial charge in [-0.3, -0.25) is 0 Å². The van der Waals surface area contributed by atoms with Crippen LogP contribution in [0.3, 0.4) is 0 Å². The molecule has 0 saturated carbocycles. The molecule has 1 rings (SSSR count). The first-order valence-corrected chi connectivity index (χ1v) is 5.10. The predicted molar refractivity (Wildman–Crippen MR) is 60.1 cm³/mol. The van der Waals surface area contributed by atoms with Crippen LogP contribution in [0.4, 0.5) is 15.8 Å². The first-order chi connectivity index (χ1) is 7.08. The lowest BCUT2D eigenvalue weighted by atomic mass is 10.2. The maximum absolute atomic E-state index is 13.2. The summed E-state index contributed by atoms with van der Waals surface area (Å²) in [5, 5.41) is 20.4.